The highest BCUT2D eigenvalue weighted by Gasteiger charge is 2.49. The summed E-state index contributed by atoms with van der Waals surface area (Å²) in [6.45, 7) is 5.08. The molecule has 7 heteroatoms. The number of amides is 4. The number of carbonyl (C=O) groups excluding carboxylic acids is 3. The number of halogens is 1. The summed E-state index contributed by atoms with van der Waals surface area (Å²) in [4.78, 5) is 38.9. The van der Waals surface area contributed by atoms with E-state index in [0.717, 1.165) is 10.5 Å². The molecule has 29 heavy (non-hydrogen) atoms. The summed E-state index contributed by atoms with van der Waals surface area (Å²) in [6, 6.07) is 13.8. The van der Waals surface area contributed by atoms with Crippen LogP contribution in [0.1, 0.15) is 37.9 Å². The van der Waals surface area contributed by atoms with Gasteiger partial charge in [-0.15, -0.1) is 0 Å². The van der Waals surface area contributed by atoms with Crippen molar-refractivity contribution in [2.75, 3.05) is 6.54 Å². The number of imide groups is 1. The van der Waals surface area contributed by atoms with Crippen LogP contribution in [0.25, 0.3) is 0 Å². The van der Waals surface area contributed by atoms with Crippen LogP contribution in [0, 0.1) is 11.7 Å². The van der Waals surface area contributed by atoms with Gasteiger partial charge in [0.25, 0.3) is 5.91 Å². The Bertz CT molecular complexity index is 915. The first-order chi connectivity index (χ1) is 13.7. The van der Waals surface area contributed by atoms with E-state index in [2.05, 4.69) is 10.6 Å². The van der Waals surface area contributed by atoms with Gasteiger partial charge in [-0.2, -0.15) is 0 Å². The number of urea groups is 1. The summed E-state index contributed by atoms with van der Waals surface area (Å²) in [6.07, 6.45) is 0. The standard InChI is InChI=1S/C22H24FN3O3/c1-14(2)19(15-9-11-17(23)12-10-15)24-18(27)13-26-20(28)22(3,25-21(26)29)16-7-5-4-6-8-16/h4-12,14,19H,13H2,1-3H3,(H,24,27)(H,25,29)/t19-,22+/m0/s1. The van der Waals surface area contributed by atoms with E-state index in [9.17, 15) is 18.8 Å². The molecule has 0 unspecified atom stereocenters. The van der Waals surface area contributed by atoms with E-state index < -0.39 is 29.9 Å². The summed E-state index contributed by atoms with van der Waals surface area (Å²) in [7, 11) is 0. The minimum absolute atomic E-state index is 0.0297. The zero-order valence-corrected chi connectivity index (χ0v) is 16.6. The average molecular weight is 397 g/mol. The maximum atomic E-state index is 13.2. The van der Waals surface area contributed by atoms with E-state index in [1.807, 2.05) is 19.9 Å². The van der Waals surface area contributed by atoms with Gasteiger partial charge in [-0.25, -0.2) is 9.18 Å². The van der Waals surface area contributed by atoms with Crippen molar-refractivity contribution in [3.8, 4) is 0 Å². The van der Waals surface area contributed by atoms with Crippen LogP contribution in [0.15, 0.2) is 54.6 Å². The zero-order valence-electron chi connectivity index (χ0n) is 16.6. The maximum absolute atomic E-state index is 13.2. The molecule has 0 aromatic heterocycles. The minimum Gasteiger partial charge on any atom is -0.347 e. The number of hydrogen-bond donors (Lipinski definition) is 2. The largest absolute Gasteiger partial charge is 0.347 e. The third-order valence-electron chi connectivity index (χ3n) is 5.14. The molecule has 1 saturated heterocycles. The highest BCUT2D eigenvalue weighted by atomic mass is 19.1. The molecule has 0 radical (unpaired) electrons. The number of hydrogen-bond acceptors (Lipinski definition) is 3. The lowest BCUT2D eigenvalue weighted by Crippen LogP contribution is -2.44. The molecular weight excluding hydrogens is 373 g/mol. The Morgan fingerprint density at radius 1 is 1.10 bits per heavy atom. The Labute approximate surface area is 169 Å². The van der Waals surface area contributed by atoms with Crippen molar-refractivity contribution >= 4 is 17.8 Å². The summed E-state index contributed by atoms with van der Waals surface area (Å²) >= 11 is 0. The Kier molecular flexibility index (Phi) is 5.68. The van der Waals surface area contributed by atoms with E-state index >= 15 is 0 Å². The van der Waals surface area contributed by atoms with E-state index in [4.69, 9.17) is 0 Å². The molecule has 2 N–H and O–H groups in total. The van der Waals surface area contributed by atoms with Gasteiger partial charge in [0.2, 0.25) is 5.91 Å². The van der Waals surface area contributed by atoms with Crippen molar-refractivity contribution in [2.45, 2.75) is 32.4 Å². The molecular formula is C22H24FN3O3. The lowest BCUT2D eigenvalue weighted by molar-refractivity contribution is -0.135. The second-order valence-electron chi connectivity index (χ2n) is 7.65. The SMILES string of the molecule is CC(C)[C@H](NC(=O)CN1C(=O)N[C@](C)(c2ccccc2)C1=O)c1ccc(F)cc1. The number of benzene rings is 2. The minimum atomic E-state index is -1.22. The van der Waals surface area contributed by atoms with E-state index in [1.54, 1.807) is 43.3 Å². The predicted molar refractivity (Wildman–Crippen MR) is 106 cm³/mol. The summed E-state index contributed by atoms with van der Waals surface area (Å²) < 4.78 is 13.2. The van der Waals surface area contributed by atoms with Gasteiger partial charge in [-0.05, 0) is 36.1 Å². The summed E-state index contributed by atoms with van der Waals surface area (Å²) in [5, 5.41) is 5.53. The Balaban J connectivity index is 1.73. The Hall–Kier alpha value is -3.22. The first-order valence-electron chi connectivity index (χ1n) is 9.47. The Morgan fingerprint density at radius 2 is 1.72 bits per heavy atom. The first kappa shape index (κ1) is 20.5. The van der Waals surface area contributed by atoms with E-state index in [0.29, 0.717) is 5.56 Å². The van der Waals surface area contributed by atoms with Gasteiger partial charge in [0.1, 0.15) is 17.9 Å². The lowest BCUT2D eigenvalue weighted by Gasteiger charge is -2.25. The molecule has 0 saturated carbocycles. The molecule has 1 fully saturated rings. The molecule has 3 rings (SSSR count). The van der Waals surface area contributed by atoms with E-state index in [-0.39, 0.29) is 17.8 Å². The molecule has 1 aliphatic heterocycles. The highest BCUT2D eigenvalue weighted by Crippen LogP contribution is 2.28. The first-order valence-corrected chi connectivity index (χ1v) is 9.47. The highest BCUT2D eigenvalue weighted by molar-refractivity contribution is 6.09. The van der Waals surface area contributed by atoms with Gasteiger partial charge in [-0.1, -0.05) is 56.3 Å². The van der Waals surface area contributed by atoms with Gasteiger partial charge in [0.15, 0.2) is 0 Å². The van der Waals surface area contributed by atoms with E-state index in [1.165, 1.54) is 12.1 Å². The zero-order chi connectivity index (χ0) is 21.2. The lowest BCUT2D eigenvalue weighted by atomic mass is 9.92. The van der Waals surface area contributed by atoms with Gasteiger partial charge in [0, 0.05) is 0 Å². The Morgan fingerprint density at radius 3 is 2.31 bits per heavy atom. The van der Waals surface area contributed by atoms with Crippen molar-refractivity contribution in [3.05, 3.63) is 71.5 Å². The normalized spacial score (nSPS) is 20.0. The molecule has 2 aromatic carbocycles. The third kappa shape index (κ3) is 4.13. The molecule has 1 heterocycles. The monoisotopic (exact) mass is 397 g/mol. The van der Waals surface area contributed by atoms with Gasteiger partial charge in [0.05, 0.1) is 6.04 Å². The molecule has 152 valence electrons. The molecule has 0 spiro atoms. The summed E-state index contributed by atoms with van der Waals surface area (Å²) in [5.74, 6) is -1.27. The van der Waals surface area contributed by atoms with Crippen LogP contribution in [0.2, 0.25) is 0 Å². The smallest absolute Gasteiger partial charge is 0.325 e. The van der Waals surface area contributed by atoms with Crippen LogP contribution >= 0.6 is 0 Å². The van der Waals surface area contributed by atoms with Crippen LogP contribution in [0.3, 0.4) is 0 Å². The van der Waals surface area contributed by atoms with Gasteiger partial charge in [-0.3, -0.25) is 14.5 Å². The van der Waals surface area contributed by atoms with Crippen molar-refractivity contribution in [1.82, 2.24) is 15.5 Å². The second-order valence-corrected chi connectivity index (χ2v) is 7.65. The van der Waals surface area contributed by atoms with Crippen LogP contribution in [-0.4, -0.2) is 29.3 Å². The predicted octanol–water partition coefficient (Wildman–Crippen LogP) is 3.11. The van der Waals surface area contributed by atoms with Gasteiger partial charge >= 0.3 is 6.03 Å². The summed E-state index contributed by atoms with van der Waals surface area (Å²) in [5.41, 5.74) is 0.182. The molecule has 4 amide bonds. The quantitative estimate of drug-likeness (QED) is 0.735. The fourth-order valence-corrected chi connectivity index (χ4v) is 3.48. The molecule has 6 nitrogen and oxygen atoms in total. The van der Waals surface area contributed by atoms with Crippen LogP contribution in [-0.2, 0) is 15.1 Å². The number of nitrogens with one attached hydrogen (secondary N) is 2. The molecule has 2 aromatic rings. The molecule has 1 aliphatic rings. The third-order valence-corrected chi connectivity index (χ3v) is 5.14. The maximum Gasteiger partial charge on any atom is 0.325 e. The van der Waals surface area contributed by atoms with Crippen molar-refractivity contribution < 1.29 is 18.8 Å². The second kappa shape index (κ2) is 8.03. The van der Waals surface area contributed by atoms with Crippen molar-refractivity contribution in [3.63, 3.8) is 0 Å². The molecule has 0 aliphatic carbocycles. The fraction of sp³-hybridized carbons (Fsp3) is 0.318. The molecule has 0 bridgehead atoms. The van der Waals surface area contributed by atoms with Crippen molar-refractivity contribution in [2.24, 2.45) is 5.92 Å². The van der Waals surface area contributed by atoms with Crippen LogP contribution in [0.5, 0.6) is 0 Å². The average Bonchev–Trinajstić information content (AvgIpc) is 2.91. The number of nitrogens with zero attached hydrogens (tertiary/aromatic N) is 1. The number of carbonyl (C=O) groups is 3. The van der Waals surface area contributed by atoms with Crippen molar-refractivity contribution in [1.29, 1.82) is 0 Å². The van der Waals surface area contributed by atoms with Gasteiger partial charge < -0.3 is 10.6 Å². The topological polar surface area (TPSA) is 78.5 Å². The fourth-order valence-electron chi connectivity index (χ4n) is 3.48. The molecule has 2 atom stereocenters. The van der Waals surface area contributed by atoms with Crippen LogP contribution < -0.4 is 10.6 Å². The van der Waals surface area contributed by atoms with Crippen LogP contribution in [0.4, 0.5) is 9.18 Å². The number of rotatable bonds is 6.